The summed E-state index contributed by atoms with van der Waals surface area (Å²) in [4.78, 5) is 18.3. The minimum atomic E-state index is -4.17. The Kier molecular flexibility index (Phi) is 12.7. The van der Waals surface area contributed by atoms with Crippen molar-refractivity contribution >= 4 is 45.0 Å². The molecule has 15 heteroatoms. The molecule has 2 saturated heterocycles. The minimum Gasteiger partial charge on any atom is -0.446 e. The van der Waals surface area contributed by atoms with E-state index in [1.165, 1.54) is 16.4 Å². The number of fused-ring (bicyclic) bond motifs is 2. The topological polar surface area (TPSA) is 152 Å². The van der Waals surface area contributed by atoms with E-state index in [9.17, 15) is 22.7 Å². The average molecular weight is 789 g/mol. The van der Waals surface area contributed by atoms with Crippen LogP contribution in [0.1, 0.15) is 76.3 Å². The first-order chi connectivity index (χ1) is 26.0. The molecule has 4 aliphatic rings. The van der Waals surface area contributed by atoms with Gasteiger partial charge in [0, 0.05) is 42.8 Å². The number of alkyl carbamates (subject to hydrolysis) is 1. The molecule has 1 aliphatic carbocycles. The molecule has 3 N–H and O–H groups in total. The summed E-state index contributed by atoms with van der Waals surface area (Å²) in [6, 6.07) is 8.64. The standard InChI is InChI=1S/C39H53FN4O8S2/c1-24(2)41-38-42-31-18-27-23-53-16-8-6-4-3-5-7-14-44(54(47,48)35(27)20-34(31)51-38)21-32(45)30(17-25-9-11-28(40)12-10-25)43-39(46)52-33-19-26-22-50-37-36(26)29(33)13-15-49-37/h9-12,18,20,24,26,29-30,32-33,36-37,45H,3-8,13-17,19,21-23H2,1-2H3,(H,41,42)(H,43,46)/t26-,29-,30-,32+,33-,36+,37?/m0/s1. The van der Waals surface area contributed by atoms with E-state index in [0.29, 0.717) is 60.0 Å². The van der Waals surface area contributed by atoms with Crippen LogP contribution in [0.15, 0.2) is 45.7 Å². The van der Waals surface area contributed by atoms with Gasteiger partial charge >= 0.3 is 6.09 Å². The third kappa shape index (κ3) is 9.18. The molecule has 296 valence electrons. The number of aromatic nitrogens is 1. The number of halogens is 1. The lowest BCUT2D eigenvalue weighted by Gasteiger charge is -2.33. The molecule has 1 aromatic heterocycles. The highest BCUT2D eigenvalue weighted by molar-refractivity contribution is 7.98. The van der Waals surface area contributed by atoms with Crippen LogP contribution >= 0.6 is 11.8 Å². The maximum Gasteiger partial charge on any atom is 0.407 e. The summed E-state index contributed by atoms with van der Waals surface area (Å²) in [7, 11) is -4.17. The monoisotopic (exact) mass is 788 g/mol. The van der Waals surface area contributed by atoms with Gasteiger partial charge in [-0.25, -0.2) is 17.6 Å². The van der Waals surface area contributed by atoms with Gasteiger partial charge in [-0.15, -0.1) is 0 Å². The fourth-order valence-corrected chi connectivity index (χ4v) is 11.3. The van der Waals surface area contributed by atoms with Crippen LogP contribution in [0.3, 0.4) is 0 Å². The second kappa shape index (κ2) is 17.5. The number of anilines is 1. The van der Waals surface area contributed by atoms with Crippen LogP contribution in [-0.4, -0.2) is 91.5 Å². The van der Waals surface area contributed by atoms with Crippen LogP contribution in [0.5, 0.6) is 0 Å². The van der Waals surface area contributed by atoms with Crippen molar-refractivity contribution in [1.82, 2.24) is 14.6 Å². The van der Waals surface area contributed by atoms with E-state index in [2.05, 4.69) is 15.6 Å². The van der Waals surface area contributed by atoms with Gasteiger partial charge in [-0.1, -0.05) is 37.8 Å². The van der Waals surface area contributed by atoms with Gasteiger partial charge in [-0.2, -0.15) is 21.1 Å². The number of carbonyl (C=O) groups excluding carboxylic acids is 1. The summed E-state index contributed by atoms with van der Waals surface area (Å²) in [5, 5.41) is 18.0. The fourth-order valence-electron chi connectivity index (χ4n) is 8.46. The van der Waals surface area contributed by atoms with Crippen LogP contribution in [0, 0.1) is 23.6 Å². The van der Waals surface area contributed by atoms with Crippen LogP contribution in [0.4, 0.5) is 15.2 Å². The van der Waals surface area contributed by atoms with E-state index < -0.39 is 34.1 Å². The number of ether oxygens (including phenoxy) is 3. The van der Waals surface area contributed by atoms with Crippen LogP contribution in [0.2, 0.25) is 0 Å². The predicted molar refractivity (Wildman–Crippen MR) is 204 cm³/mol. The number of nitrogens with one attached hydrogen (secondary N) is 2. The van der Waals surface area contributed by atoms with Crippen molar-refractivity contribution in [2.24, 2.45) is 17.8 Å². The Labute approximate surface area is 321 Å². The van der Waals surface area contributed by atoms with Gasteiger partial charge in [0.05, 0.1) is 30.3 Å². The van der Waals surface area contributed by atoms with Crippen LogP contribution in [-0.2, 0) is 36.4 Å². The summed E-state index contributed by atoms with van der Waals surface area (Å²) >= 11 is 1.69. The molecular formula is C39H53FN4O8S2. The summed E-state index contributed by atoms with van der Waals surface area (Å²) in [5.41, 5.74) is 2.21. The number of oxazole rings is 1. The van der Waals surface area contributed by atoms with Gasteiger partial charge in [-0.05, 0) is 86.9 Å². The van der Waals surface area contributed by atoms with Crippen LogP contribution in [0.25, 0.3) is 11.1 Å². The van der Waals surface area contributed by atoms with Crippen molar-refractivity contribution in [3.63, 3.8) is 0 Å². The number of sulfonamides is 1. The number of hydrogen-bond donors (Lipinski definition) is 3. The third-order valence-corrected chi connectivity index (χ3v) is 14.2. The first kappa shape index (κ1) is 39.3. The smallest absolute Gasteiger partial charge is 0.407 e. The maximum absolute atomic E-state index is 14.8. The Bertz CT molecular complexity index is 1840. The highest BCUT2D eigenvalue weighted by Crippen LogP contribution is 2.50. The third-order valence-electron chi connectivity index (χ3n) is 11.2. The number of rotatable bonds is 9. The zero-order valence-corrected chi connectivity index (χ0v) is 32.7. The first-order valence-electron chi connectivity index (χ1n) is 19.5. The van der Waals surface area contributed by atoms with E-state index in [4.69, 9.17) is 18.6 Å². The summed E-state index contributed by atoms with van der Waals surface area (Å²) in [6.45, 7) is 4.96. The normalized spacial score (nSPS) is 27.5. The molecule has 0 radical (unpaired) electrons. The fraction of sp³-hybridized carbons (Fsp3) is 0.641. The zero-order chi connectivity index (χ0) is 37.8. The van der Waals surface area contributed by atoms with Gasteiger partial charge in [0.2, 0.25) is 10.0 Å². The molecule has 0 bridgehead atoms. The molecule has 0 spiro atoms. The number of amides is 1. The lowest BCUT2D eigenvalue weighted by Crippen LogP contribution is -2.51. The van der Waals surface area contributed by atoms with E-state index >= 15 is 0 Å². The Balaban J connectivity index is 1.15. The number of benzene rings is 2. The summed E-state index contributed by atoms with van der Waals surface area (Å²) < 4.78 is 68.4. The second-order valence-corrected chi connectivity index (χ2v) is 18.5. The molecule has 1 unspecified atom stereocenters. The van der Waals surface area contributed by atoms with Crippen molar-refractivity contribution in [1.29, 1.82) is 0 Å². The van der Waals surface area contributed by atoms with E-state index in [0.717, 1.165) is 44.3 Å². The van der Waals surface area contributed by atoms with Gasteiger partial charge in [0.15, 0.2) is 11.9 Å². The molecule has 12 nitrogen and oxygen atoms in total. The lowest BCUT2D eigenvalue weighted by molar-refractivity contribution is -0.173. The number of aliphatic hydroxyl groups is 1. The van der Waals surface area contributed by atoms with Gasteiger partial charge in [-0.3, -0.25) is 0 Å². The van der Waals surface area contributed by atoms with E-state index in [1.54, 1.807) is 36.0 Å². The Morgan fingerprint density at radius 3 is 2.69 bits per heavy atom. The van der Waals surface area contributed by atoms with Crippen molar-refractivity contribution < 1.29 is 41.3 Å². The van der Waals surface area contributed by atoms with Crippen molar-refractivity contribution in [2.45, 2.75) is 113 Å². The quantitative estimate of drug-likeness (QED) is 0.219. The van der Waals surface area contributed by atoms with Crippen molar-refractivity contribution in [3.8, 4) is 0 Å². The first-order valence-corrected chi connectivity index (χ1v) is 22.1. The zero-order valence-electron chi connectivity index (χ0n) is 31.1. The second-order valence-electron chi connectivity index (χ2n) is 15.5. The highest BCUT2D eigenvalue weighted by Gasteiger charge is 2.55. The Hall–Kier alpha value is -2.95. The number of hydrogen-bond acceptors (Lipinski definition) is 11. The number of β-amino-alcohol motifs (C(OH)–C–C–N with tert-alkyl or cyclic N) is 1. The molecule has 1 saturated carbocycles. The lowest BCUT2D eigenvalue weighted by atomic mass is 9.87. The molecule has 2 aromatic carbocycles. The van der Waals surface area contributed by atoms with E-state index in [-0.39, 0.29) is 60.6 Å². The molecule has 3 aromatic rings. The van der Waals surface area contributed by atoms with Crippen molar-refractivity contribution in [2.75, 3.05) is 37.4 Å². The summed E-state index contributed by atoms with van der Waals surface area (Å²) in [5.74, 6) is 1.54. The average Bonchev–Trinajstić information content (AvgIpc) is 3.84. The van der Waals surface area contributed by atoms with Crippen LogP contribution < -0.4 is 10.6 Å². The molecule has 1 amide bonds. The number of nitrogens with zero attached hydrogens (tertiary/aromatic N) is 2. The number of aliphatic hydroxyl groups excluding tert-OH is 1. The molecule has 7 rings (SSSR count). The highest BCUT2D eigenvalue weighted by atomic mass is 32.2. The molecular weight excluding hydrogens is 736 g/mol. The molecule has 3 aliphatic heterocycles. The van der Waals surface area contributed by atoms with Gasteiger partial charge in [0.1, 0.15) is 17.4 Å². The molecule has 4 heterocycles. The summed E-state index contributed by atoms with van der Waals surface area (Å²) in [6.07, 6.45) is 4.69. The molecule has 7 atom stereocenters. The minimum absolute atomic E-state index is 0.0677. The maximum atomic E-state index is 14.8. The van der Waals surface area contributed by atoms with Gasteiger partial charge in [0.25, 0.3) is 6.01 Å². The largest absolute Gasteiger partial charge is 0.446 e. The molecule has 3 fully saturated rings. The Morgan fingerprint density at radius 1 is 1.11 bits per heavy atom. The Morgan fingerprint density at radius 2 is 1.89 bits per heavy atom. The number of thioether (sulfide) groups is 1. The van der Waals surface area contributed by atoms with Gasteiger partial charge < -0.3 is 34.4 Å². The SMILES string of the molecule is CC(C)Nc1nc2cc3c(cc2o1)S(=O)(=O)N(C[C@@H](O)[C@H](Cc1ccc(F)cc1)NC(=O)O[C@H]1C[C@H]2COC4OCC[C@@H]1[C@H]42)CCCCCCCCSC3. The predicted octanol–water partition coefficient (Wildman–Crippen LogP) is 6.46. The van der Waals surface area contributed by atoms with Crippen molar-refractivity contribution in [3.05, 3.63) is 53.3 Å². The number of carbonyl (C=O) groups is 1. The molecule has 54 heavy (non-hydrogen) atoms. The van der Waals surface area contributed by atoms with E-state index in [1.807, 2.05) is 13.8 Å².